The first-order valence-electron chi connectivity index (χ1n) is 5.26. The maximum absolute atomic E-state index is 12.8. The second-order valence-electron chi connectivity index (χ2n) is 3.70. The Kier molecular flexibility index (Phi) is 3.60. The molecule has 18 heavy (non-hydrogen) atoms. The van der Waals surface area contributed by atoms with Crippen LogP contribution in [0.25, 0.3) is 0 Å². The molecule has 0 saturated carbocycles. The smallest absolute Gasteiger partial charge is 0.395 e. The average molecular weight is 275 g/mol. The summed E-state index contributed by atoms with van der Waals surface area (Å²) in [6, 6.07) is 4.28. The summed E-state index contributed by atoms with van der Waals surface area (Å²) in [5, 5.41) is 2.63. The Labute approximate surface area is 108 Å². The molecule has 1 N–H and O–H groups in total. The largest absolute Gasteiger partial charge is 0.586 e. The molecule has 0 aliphatic carbocycles. The van der Waals surface area contributed by atoms with E-state index in [-0.39, 0.29) is 23.8 Å². The van der Waals surface area contributed by atoms with E-state index >= 15 is 0 Å². The minimum Gasteiger partial charge on any atom is -0.395 e. The molecule has 7 heteroatoms. The molecular weight excluding hydrogens is 264 g/mol. The minimum absolute atomic E-state index is 0.0282. The molecule has 0 unspecified atom stereocenters. The number of benzene rings is 1. The normalized spacial score (nSPS) is 15.5. The number of amides is 1. The number of carbonyl (C=O) groups is 1. The molecule has 0 saturated heterocycles. The lowest BCUT2D eigenvalue weighted by atomic mass is 10.1. The predicted molar refractivity (Wildman–Crippen MR) is 63.2 cm³/mol. The Balaban J connectivity index is 2.03. The first kappa shape index (κ1) is 12.9. The van der Waals surface area contributed by atoms with Crippen molar-refractivity contribution in [2.75, 3.05) is 12.3 Å². The van der Waals surface area contributed by atoms with Crippen molar-refractivity contribution < 1.29 is 23.0 Å². The van der Waals surface area contributed by atoms with E-state index in [9.17, 15) is 13.6 Å². The number of carbonyl (C=O) groups excluding carboxylic acids is 1. The van der Waals surface area contributed by atoms with Gasteiger partial charge < -0.3 is 14.8 Å². The lowest BCUT2D eigenvalue weighted by Gasteiger charge is -2.04. The number of fused-ring (bicyclic) bond motifs is 1. The zero-order chi connectivity index (χ0) is 13.2. The van der Waals surface area contributed by atoms with Gasteiger partial charge in [-0.3, -0.25) is 4.79 Å². The molecule has 0 aromatic heterocycles. The van der Waals surface area contributed by atoms with Gasteiger partial charge in [0.25, 0.3) is 0 Å². The van der Waals surface area contributed by atoms with Crippen molar-refractivity contribution in [3.05, 3.63) is 23.8 Å². The fourth-order valence-electron chi connectivity index (χ4n) is 1.55. The van der Waals surface area contributed by atoms with Gasteiger partial charge in [-0.25, -0.2) is 0 Å². The molecule has 4 nitrogen and oxygen atoms in total. The number of nitrogens with one attached hydrogen (secondary N) is 1. The number of alkyl halides is 2. The van der Waals surface area contributed by atoms with E-state index in [1.165, 1.54) is 12.1 Å². The molecule has 1 aliphatic heterocycles. The monoisotopic (exact) mass is 275 g/mol. The zero-order valence-electron chi connectivity index (χ0n) is 9.28. The number of hydrogen-bond donors (Lipinski definition) is 2. The highest BCUT2D eigenvalue weighted by atomic mass is 32.1. The van der Waals surface area contributed by atoms with Crippen LogP contribution in [0.15, 0.2) is 18.2 Å². The van der Waals surface area contributed by atoms with E-state index in [0.29, 0.717) is 17.9 Å². The highest BCUT2D eigenvalue weighted by Gasteiger charge is 2.43. The minimum atomic E-state index is -3.63. The maximum Gasteiger partial charge on any atom is 0.586 e. The number of ether oxygens (including phenoxy) is 2. The molecule has 0 spiro atoms. The Morgan fingerprint density at radius 1 is 1.33 bits per heavy atom. The molecule has 0 fully saturated rings. The Morgan fingerprint density at radius 2 is 2.06 bits per heavy atom. The summed E-state index contributed by atoms with van der Waals surface area (Å²) in [6.07, 6.45) is -3.54. The first-order chi connectivity index (χ1) is 8.50. The Bertz CT molecular complexity index is 468. The van der Waals surface area contributed by atoms with Crippen molar-refractivity contribution in [3.63, 3.8) is 0 Å². The van der Waals surface area contributed by atoms with Crippen LogP contribution in [0.4, 0.5) is 8.78 Å². The Hall–Kier alpha value is -1.50. The highest BCUT2D eigenvalue weighted by molar-refractivity contribution is 7.80. The van der Waals surface area contributed by atoms with E-state index in [1.807, 2.05) is 0 Å². The van der Waals surface area contributed by atoms with Crippen LogP contribution >= 0.6 is 12.6 Å². The van der Waals surface area contributed by atoms with Crippen molar-refractivity contribution in [1.82, 2.24) is 5.32 Å². The van der Waals surface area contributed by atoms with Gasteiger partial charge >= 0.3 is 6.29 Å². The molecular formula is C11H11F2NO3S. The van der Waals surface area contributed by atoms with Crippen molar-refractivity contribution in [1.29, 1.82) is 0 Å². The topological polar surface area (TPSA) is 47.6 Å². The molecule has 1 aromatic rings. The van der Waals surface area contributed by atoms with E-state index in [1.54, 1.807) is 6.07 Å². The lowest BCUT2D eigenvalue weighted by molar-refractivity contribution is -0.286. The van der Waals surface area contributed by atoms with Gasteiger partial charge in [0.2, 0.25) is 5.91 Å². The molecule has 0 bridgehead atoms. The van der Waals surface area contributed by atoms with Crippen molar-refractivity contribution >= 4 is 18.5 Å². The molecule has 1 heterocycles. The van der Waals surface area contributed by atoms with Crippen molar-refractivity contribution in [2.45, 2.75) is 12.7 Å². The third-order valence-corrected chi connectivity index (χ3v) is 2.49. The van der Waals surface area contributed by atoms with Crippen LogP contribution in [0.1, 0.15) is 5.56 Å². The number of hydrogen-bond acceptors (Lipinski definition) is 4. The fourth-order valence-corrected chi connectivity index (χ4v) is 1.66. The summed E-state index contributed by atoms with van der Waals surface area (Å²) < 4.78 is 34.1. The molecule has 0 atom stereocenters. The van der Waals surface area contributed by atoms with Crippen LogP contribution in [0.5, 0.6) is 11.5 Å². The number of rotatable bonds is 4. The molecule has 1 aromatic carbocycles. The SMILES string of the molecule is O=C(Cc1ccc2c(c1)OC(F)(F)O2)NCCS. The van der Waals surface area contributed by atoms with Crippen LogP contribution < -0.4 is 14.8 Å². The number of thiol groups is 1. The van der Waals surface area contributed by atoms with Crippen molar-refractivity contribution in [3.8, 4) is 11.5 Å². The van der Waals surface area contributed by atoms with Gasteiger partial charge in [0.1, 0.15) is 0 Å². The van der Waals surface area contributed by atoms with Gasteiger partial charge in [-0.2, -0.15) is 12.6 Å². The van der Waals surface area contributed by atoms with Gasteiger partial charge in [-0.05, 0) is 17.7 Å². The maximum atomic E-state index is 12.8. The van der Waals surface area contributed by atoms with E-state index in [0.717, 1.165) is 0 Å². The Morgan fingerprint density at radius 3 is 2.78 bits per heavy atom. The summed E-state index contributed by atoms with van der Waals surface area (Å²) in [7, 11) is 0. The fraction of sp³-hybridized carbons (Fsp3) is 0.364. The molecule has 0 radical (unpaired) electrons. The second-order valence-corrected chi connectivity index (χ2v) is 4.15. The predicted octanol–water partition coefficient (Wildman–Crippen LogP) is 1.60. The standard InChI is InChI=1S/C11H11F2NO3S/c12-11(13)16-8-2-1-7(5-9(8)17-11)6-10(15)14-3-4-18/h1-2,5,18H,3-4,6H2,(H,14,15). The summed E-state index contributed by atoms with van der Waals surface area (Å²) >= 11 is 3.96. The van der Waals surface area contributed by atoms with Crippen molar-refractivity contribution in [2.24, 2.45) is 0 Å². The van der Waals surface area contributed by atoms with E-state index in [2.05, 4.69) is 27.4 Å². The summed E-state index contributed by atoms with van der Waals surface area (Å²) in [4.78, 5) is 11.4. The lowest BCUT2D eigenvalue weighted by Crippen LogP contribution is -2.26. The third-order valence-electron chi connectivity index (χ3n) is 2.26. The van der Waals surface area contributed by atoms with Crippen LogP contribution in [0.2, 0.25) is 0 Å². The van der Waals surface area contributed by atoms with Gasteiger partial charge in [-0.1, -0.05) is 6.07 Å². The zero-order valence-corrected chi connectivity index (χ0v) is 10.2. The molecule has 2 rings (SSSR count). The quantitative estimate of drug-likeness (QED) is 0.820. The summed E-state index contributed by atoms with van der Waals surface area (Å²) in [6.45, 7) is 0.463. The van der Waals surface area contributed by atoms with Crippen LogP contribution in [0.3, 0.4) is 0 Å². The molecule has 1 aliphatic rings. The van der Waals surface area contributed by atoms with Crippen LogP contribution in [-0.2, 0) is 11.2 Å². The van der Waals surface area contributed by atoms with Crippen LogP contribution in [0, 0.1) is 0 Å². The van der Waals surface area contributed by atoms with Gasteiger partial charge in [0.15, 0.2) is 11.5 Å². The number of halogens is 2. The van der Waals surface area contributed by atoms with E-state index in [4.69, 9.17) is 0 Å². The van der Waals surface area contributed by atoms with Gasteiger partial charge in [0, 0.05) is 12.3 Å². The van der Waals surface area contributed by atoms with Crippen LogP contribution in [-0.4, -0.2) is 24.5 Å². The second kappa shape index (κ2) is 5.01. The van der Waals surface area contributed by atoms with Gasteiger partial charge in [-0.15, -0.1) is 8.78 Å². The summed E-state index contributed by atoms with van der Waals surface area (Å²) in [5.41, 5.74) is 0.576. The highest BCUT2D eigenvalue weighted by Crippen LogP contribution is 2.41. The average Bonchev–Trinajstić information content (AvgIpc) is 2.59. The van der Waals surface area contributed by atoms with E-state index < -0.39 is 6.29 Å². The molecule has 98 valence electrons. The summed E-state index contributed by atoms with van der Waals surface area (Å²) in [5.74, 6) is 0.257. The first-order valence-corrected chi connectivity index (χ1v) is 5.90. The third kappa shape index (κ3) is 3.04. The van der Waals surface area contributed by atoms with Gasteiger partial charge in [0.05, 0.1) is 6.42 Å². The molecule has 1 amide bonds.